The summed E-state index contributed by atoms with van der Waals surface area (Å²) >= 11 is 0. The van der Waals surface area contributed by atoms with E-state index in [9.17, 15) is 24.6 Å². The zero-order chi connectivity index (χ0) is 24.2. The molecule has 0 radical (unpaired) electrons. The number of hydrazine groups is 1. The lowest BCUT2D eigenvalue weighted by Gasteiger charge is -2.39. The van der Waals surface area contributed by atoms with Crippen molar-refractivity contribution in [2.45, 2.75) is 24.8 Å². The first-order valence-corrected chi connectivity index (χ1v) is 9.74. The Hall–Kier alpha value is -4.39. The largest absolute Gasteiger partial charge is 0.481 e. The molecule has 0 aliphatic rings. The zero-order valence-electron chi connectivity index (χ0n) is 17.6. The van der Waals surface area contributed by atoms with Gasteiger partial charge in [0.25, 0.3) is 5.91 Å². The van der Waals surface area contributed by atoms with Crippen LogP contribution in [0.15, 0.2) is 36.5 Å². The first-order chi connectivity index (χ1) is 15.7. The van der Waals surface area contributed by atoms with Gasteiger partial charge in [-0.1, -0.05) is 18.2 Å². The van der Waals surface area contributed by atoms with Gasteiger partial charge in [0.2, 0.25) is 5.95 Å². The number of nitrogens with one attached hydrogen (secondary N) is 1. The summed E-state index contributed by atoms with van der Waals surface area (Å²) in [6.07, 6.45) is -0.0326. The molecule has 1 aromatic carbocycles. The Bertz CT molecular complexity index is 1210. The van der Waals surface area contributed by atoms with Crippen LogP contribution in [-0.2, 0) is 16.0 Å². The SMILES string of the molecule is CNN(C(=O)c1ccccc1)[C@](CCC(=O)O)(Cc1cnc2nc(N)nc(N)c2n1)C(=O)O. The average Bonchev–Trinajstić information content (AvgIpc) is 2.78. The molecular formula is C20H22N8O5. The van der Waals surface area contributed by atoms with E-state index in [-0.39, 0.29) is 40.6 Å². The van der Waals surface area contributed by atoms with Crippen molar-refractivity contribution < 1.29 is 24.6 Å². The summed E-state index contributed by atoms with van der Waals surface area (Å²) in [7, 11) is 1.37. The van der Waals surface area contributed by atoms with Gasteiger partial charge in [0.15, 0.2) is 22.5 Å². The van der Waals surface area contributed by atoms with Gasteiger partial charge in [-0.15, -0.1) is 0 Å². The fourth-order valence-electron chi connectivity index (χ4n) is 3.46. The number of hydrogen-bond acceptors (Lipinski definition) is 10. The molecule has 2 aromatic heterocycles. The van der Waals surface area contributed by atoms with Crippen LogP contribution in [0.5, 0.6) is 0 Å². The highest BCUT2D eigenvalue weighted by Crippen LogP contribution is 2.28. The number of nitrogen functional groups attached to an aromatic ring is 2. The van der Waals surface area contributed by atoms with Gasteiger partial charge < -0.3 is 21.7 Å². The molecule has 13 heteroatoms. The molecule has 13 nitrogen and oxygen atoms in total. The number of anilines is 2. The van der Waals surface area contributed by atoms with Gasteiger partial charge in [-0.3, -0.25) is 14.6 Å². The molecule has 0 unspecified atom stereocenters. The normalized spacial score (nSPS) is 12.8. The summed E-state index contributed by atoms with van der Waals surface area (Å²) in [5.41, 5.74) is 12.6. The Labute approximate surface area is 187 Å². The van der Waals surface area contributed by atoms with Gasteiger partial charge in [-0.2, -0.15) is 9.97 Å². The number of amides is 1. The van der Waals surface area contributed by atoms with E-state index in [1.54, 1.807) is 18.2 Å². The number of fused-ring (bicyclic) bond motifs is 1. The number of carboxylic acid groups (broad SMARTS) is 2. The van der Waals surface area contributed by atoms with Crippen molar-refractivity contribution in [2.24, 2.45) is 0 Å². The van der Waals surface area contributed by atoms with Gasteiger partial charge in [-0.25, -0.2) is 20.2 Å². The number of carbonyl (C=O) groups excluding carboxylic acids is 1. The molecule has 7 N–H and O–H groups in total. The summed E-state index contributed by atoms with van der Waals surface area (Å²) in [5.74, 6) is -3.45. The number of hydrogen-bond donors (Lipinski definition) is 5. The number of aliphatic carboxylic acids is 2. The fraction of sp³-hybridized carbons (Fsp3) is 0.250. The van der Waals surface area contributed by atoms with E-state index in [2.05, 4.69) is 25.4 Å². The maximum atomic E-state index is 13.2. The molecule has 2 heterocycles. The highest BCUT2D eigenvalue weighted by Gasteiger charge is 2.48. The number of carbonyl (C=O) groups is 3. The summed E-state index contributed by atoms with van der Waals surface area (Å²) in [5, 5.41) is 20.4. The van der Waals surface area contributed by atoms with Crippen molar-refractivity contribution >= 4 is 40.8 Å². The molecule has 172 valence electrons. The molecule has 33 heavy (non-hydrogen) atoms. The third-order valence-corrected chi connectivity index (χ3v) is 5.00. The highest BCUT2D eigenvalue weighted by atomic mass is 16.4. The van der Waals surface area contributed by atoms with E-state index in [1.807, 2.05) is 0 Å². The molecule has 3 rings (SSSR count). The standard InChI is InChI=1S/C20H22N8O5/c1-23-28(17(31)11-5-3-2-4-6-11)20(18(32)33,8-7-13(29)30)9-12-10-24-16-14(25-12)15(21)26-19(22)27-16/h2-6,10,23H,7-9H2,1H3,(H,29,30)(H,32,33)(H4,21,22,24,26,27)/t20-/m1/s1. The molecular weight excluding hydrogens is 432 g/mol. The Morgan fingerprint density at radius 1 is 1.09 bits per heavy atom. The van der Waals surface area contributed by atoms with Crippen LogP contribution in [0.4, 0.5) is 11.8 Å². The average molecular weight is 454 g/mol. The van der Waals surface area contributed by atoms with Gasteiger partial charge in [0, 0.05) is 25.5 Å². The smallest absolute Gasteiger partial charge is 0.331 e. The van der Waals surface area contributed by atoms with Crippen molar-refractivity contribution in [3.63, 3.8) is 0 Å². The topological polar surface area (TPSA) is 211 Å². The Morgan fingerprint density at radius 2 is 1.79 bits per heavy atom. The second-order valence-electron chi connectivity index (χ2n) is 7.14. The predicted molar refractivity (Wildman–Crippen MR) is 117 cm³/mol. The van der Waals surface area contributed by atoms with Crippen LogP contribution in [0.1, 0.15) is 28.9 Å². The molecule has 0 bridgehead atoms. The van der Waals surface area contributed by atoms with E-state index in [1.165, 1.54) is 25.4 Å². The number of aromatic nitrogens is 4. The van der Waals surface area contributed by atoms with Crippen LogP contribution in [0.25, 0.3) is 11.2 Å². The lowest BCUT2D eigenvalue weighted by Crippen LogP contribution is -2.63. The lowest BCUT2D eigenvalue weighted by molar-refractivity contribution is -0.153. The second kappa shape index (κ2) is 9.40. The zero-order valence-corrected chi connectivity index (χ0v) is 17.6. The van der Waals surface area contributed by atoms with Gasteiger partial charge in [0.05, 0.1) is 11.9 Å². The van der Waals surface area contributed by atoms with Crippen molar-refractivity contribution in [3.05, 3.63) is 47.8 Å². The minimum absolute atomic E-state index is 0.0517. The summed E-state index contributed by atoms with van der Waals surface area (Å²) in [6.45, 7) is 0. The van der Waals surface area contributed by atoms with E-state index in [4.69, 9.17) is 11.5 Å². The van der Waals surface area contributed by atoms with Crippen LogP contribution < -0.4 is 16.9 Å². The van der Waals surface area contributed by atoms with Gasteiger partial charge >= 0.3 is 11.9 Å². The highest BCUT2D eigenvalue weighted by molar-refractivity contribution is 5.97. The van der Waals surface area contributed by atoms with Crippen LogP contribution >= 0.6 is 0 Å². The van der Waals surface area contributed by atoms with Gasteiger partial charge in [-0.05, 0) is 18.6 Å². The van der Waals surface area contributed by atoms with Crippen LogP contribution in [-0.4, -0.2) is 65.6 Å². The van der Waals surface area contributed by atoms with Crippen LogP contribution in [0.3, 0.4) is 0 Å². The first kappa shape index (κ1) is 23.3. The van der Waals surface area contributed by atoms with Crippen molar-refractivity contribution in [1.29, 1.82) is 0 Å². The minimum atomic E-state index is -2.02. The second-order valence-corrected chi connectivity index (χ2v) is 7.14. The monoisotopic (exact) mass is 454 g/mol. The van der Waals surface area contributed by atoms with Gasteiger partial charge in [0.1, 0.15) is 0 Å². The summed E-state index contributed by atoms with van der Waals surface area (Å²) < 4.78 is 0. The maximum absolute atomic E-state index is 13.2. The number of carboxylic acids is 2. The van der Waals surface area contributed by atoms with E-state index in [0.29, 0.717) is 0 Å². The molecule has 0 aliphatic carbocycles. The first-order valence-electron chi connectivity index (χ1n) is 9.74. The van der Waals surface area contributed by atoms with Crippen LogP contribution in [0, 0.1) is 0 Å². The molecule has 1 amide bonds. The number of nitrogens with zero attached hydrogens (tertiary/aromatic N) is 5. The van der Waals surface area contributed by atoms with E-state index < -0.39 is 36.2 Å². The Morgan fingerprint density at radius 3 is 2.39 bits per heavy atom. The molecule has 0 fully saturated rings. The quantitative estimate of drug-likeness (QED) is 0.272. The molecule has 0 spiro atoms. The van der Waals surface area contributed by atoms with E-state index >= 15 is 0 Å². The lowest BCUT2D eigenvalue weighted by atomic mass is 9.86. The maximum Gasteiger partial charge on any atom is 0.331 e. The predicted octanol–water partition coefficient (Wildman–Crippen LogP) is 0.0917. The van der Waals surface area contributed by atoms with Crippen LogP contribution in [0.2, 0.25) is 0 Å². The third kappa shape index (κ3) is 4.77. The summed E-state index contributed by atoms with van der Waals surface area (Å²) in [4.78, 5) is 53.4. The number of rotatable bonds is 9. The Kier molecular flexibility index (Phi) is 6.63. The van der Waals surface area contributed by atoms with Crippen molar-refractivity contribution in [2.75, 3.05) is 18.5 Å². The molecule has 0 saturated carbocycles. The van der Waals surface area contributed by atoms with Crippen molar-refractivity contribution in [3.8, 4) is 0 Å². The summed E-state index contributed by atoms with van der Waals surface area (Å²) in [6, 6.07) is 8.01. The molecule has 0 saturated heterocycles. The van der Waals surface area contributed by atoms with E-state index in [0.717, 1.165) is 5.01 Å². The molecule has 1 atom stereocenters. The fourth-order valence-corrected chi connectivity index (χ4v) is 3.46. The number of nitrogens with two attached hydrogens (primary N) is 2. The molecule has 0 aliphatic heterocycles. The Balaban J connectivity index is 2.11. The third-order valence-electron chi connectivity index (χ3n) is 5.00. The number of benzene rings is 1. The minimum Gasteiger partial charge on any atom is -0.481 e. The molecule has 3 aromatic rings. The van der Waals surface area contributed by atoms with Crippen molar-refractivity contribution in [1.82, 2.24) is 30.4 Å².